The first-order chi connectivity index (χ1) is 43.1. The molecule has 0 spiro atoms. The van der Waals surface area contributed by atoms with Crippen molar-refractivity contribution in [2.75, 3.05) is 13.1 Å². The van der Waals surface area contributed by atoms with Crippen molar-refractivity contribution in [3.8, 4) is 5.75 Å². The number of phenols is 1. The van der Waals surface area contributed by atoms with Crippen LogP contribution in [0.2, 0.25) is 0 Å². The van der Waals surface area contributed by atoms with Gasteiger partial charge in [0.25, 0.3) is 0 Å². The van der Waals surface area contributed by atoms with Crippen molar-refractivity contribution in [2.45, 2.75) is 172 Å². The van der Waals surface area contributed by atoms with Gasteiger partial charge >= 0.3 is 5.97 Å². The second-order valence-corrected chi connectivity index (χ2v) is 22.6. The van der Waals surface area contributed by atoms with E-state index in [1.807, 2.05) is 0 Å². The minimum absolute atomic E-state index is 0.0544. The van der Waals surface area contributed by atoms with Crippen LogP contribution in [0.3, 0.4) is 0 Å². The van der Waals surface area contributed by atoms with Gasteiger partial charge in [0.05, 0.1) is 25.1 Å². The normalized spacial score (nSPS) is 14.6. The molecule has 0 aromatic heterocycles. The molecule has 0 bridgehead atoms. The summed E-state index contributed by atoms with van der Waals surface area (Å²) in [5.74, 6) is -15.9. The first kappa shape index (κ1) is 78.1. The van der Waals surface area contributed by atoms with Gasteiger partial charge in [0.1, 0.15) is 60.1 Å². The highest BCUT2D eigenvalue weighted by molar-refractivity contribution is 6.00. The molecule has 0 radical (unpaired) electrons. The predicted octanol–water partition coefficient (Wildman–Crippen LogP) is -6.37. The van der Waals surface area contributed by atoms with E-state index < -0.39 is 181 Å². The number of hydrogen-bond donors (Lipinski definition) is 19. The van der Waals surface area contributed by atoms with Crippen molar-refractivity contribution in [3.05, 3.63) is 65.7 Å². The number of benzene rings is 2. The van der Waals surface area contributed by atoms with Crippen molar-refractivity contribution in [2.24, 2.45) is 51.2 Å². The van der Waals surface area contributed by atoms with Gasteiger partial charge in [-0.25, -0.2) is 4.79 Å². The summed E-state index contributed by atoms with van der Waals surface area (Å²) < 4.78 is 0. The van der Waals surface area contributed by atoms with E-state index in [2.05, 4.69) is 58.2 Å². The topological polar surface area (TPSA) is 588 Å². The lowest BCUT2D eigenvalue weighted by molar-refractivity contribution is -0.142. The fourth-order valence-electron chi connectivity index (χ4n) is 8.75. The number of primary amides is 3. The Balaban J connectivity index is 2.35. The van der Waals surface area contributed by atoms with E-state index in [9.17, 15) is 82.4 Å². The first-order valence-corrected chi connectivity index (χ1v) is 29.5. The lowest BCUT2D eigenvalue weighted by atomic mass is 9.99. The van der Waals surface area contributed by atoms with E-state index in [1.165, 1.54) is 45.0 Å². The maximum Gasteiger partial charge on any atom is 0.326 e. The van der Waals surface area contributed by atoms with E-state index in [-0.39, 0.29) is 69.1 Å². The molecule has 0 heterocycles. The number of carbonyl (C=O) groups excluding carboxylic acids is 13. The zero-order valence-corrected chi connectivity index (χ0v) is 52.2. The maximum absolute atomic E-state index is 14.4. The molecule has 0 saturated carbocycles. The molecular weight excluding hydrogens is 1210 g/mol. The molecule has 11 atom stereocenters. The average molecular weight is 1300 g/mol. The van der Waals surface area contributed by atoms with Crippen molar-refractivity contribution in [3.63, 3.8) is 0 Å². The summed E-state index contributed by atoms with van der Waals surface area (Å²) >= 11 is 0. The molecule has 0 aliphatic heterocycles. The van der Waals surface area contributed by atoms with Gasteiger partial charge in [0.2, 0.25) is 76.8 Å². The minimum Gasteiger partial charge on any atom is -0.508 e. The summed E-state index contributed by atoms with van der Waals surface area (Å²) in [6.45, 7) is 7.91. The molecular formula is C58H89N17O17. The largest absolute Gasteiger partial charge is 0.508 e. The van der Waals surface area contributed by atoms with E-state index >= 15 is 0 Å². The van der Waals surface area contributed by atoms with Crippen LogP contribution in [0.15, 0.2) is 59.6 Å². The van der Waals surface area contributed by atoms with Crippen LogP contribution >= 0.6 is 0 Å². The van der Waals surface area contributed by atoms with Gasteiger partial charge in [-0.1, -0.05) is 70.2 Å². The zero-order valence-electron chi connectivity index (χ0n) is 52.2. The van der Waals surface area contributed by atoms with Crippen LogP contribution < -0.4 is 87.6 Å². The summed E-state index contributed by atoms with van der Waals surface area (Å²) in [7, 11) is 0. The Bertz CT molecular complexity index is 2930. The SMILES string of the molecule is CC(C)C[C@H](NC(=O)[C@@H](NC(=O)[C@H](CC(N)=O)NC(=O)[C@@H](NC(=O)CNC(=O)[C@H](CCC(N)=O)NC(=O)[C@@H](N)Cc1ccccc1)C(C)C)[C@@H](C)O)C(=O)N[C@@H](Cc1ccc(O)cc1)C(=O)N[C@@H](CCC(N)=O)C(=O)N[C@@H](C)C(=O)N[C@@H](CCCN=C(N)N)C(=O)O. The number of carboxylic acids is 1. The third kappa shape index (κ3) is 29.5. The minimum atomic E-state index is -1.94. The van der Waals surface area contributed by atoms with Crippen molar-refractivity contribution >= 4 is 88.7 Å². The smallest absolute Gasteiger partial charge is 0.326 e. The number of nitrogens with one attached hydrogen (secondary N) is 10. The number of rotatable bonds is 41. The monoisotopic (exact) mass is 1300 g/mol. The number of aromatic hydroxyl groups is 1. The Labute approximate surface area is 530 Å². The number of guanidine groups is 1. The Kier molecular flexibility index (Phi) is 33.3. The lowest BCUT2D eigenvalue weighted by Crippen LogP contribution is -2.62. The fraction of sp³-hybridized carbons (Fsp3) is 0.534. The first-order valence-electron chi connectivity index (χ1n) is 29.5. The van der Waals surface area contributed by atoms with Gasteiger partial charge < -0.3 is 103 Å². The number of aliphatic carboxylic acids is 1. The second kappa shape index (κ2) is 39.2. The van der Waals surface area contributed by atoms with Crippen molar-refractivity contribution in [1.82, 2.24) is 53.2 Å². The molecule has 25 N–H and O–H groups in total. The third-order valence-electron chi connectivity index (χ3n) is 13.7. The standard InChI is InChI=1S/C58H89N17O17/c1-28(2)23-39(52(86)71-40(25-33-14-16-34(77)17-15-33)53(87)69-37(19-21-43(61)79)51(85)67-30(5)48(82)70-38(57(91)92)13-10-22-65-58(63)64)72-56(90)47(31(6)76)75-54(88)41(26-44(62)80)73-55(89)46(29(3)4)74-45(81)27-66-50(84)36(18-20-42(60)78)68-49(83)35(59)24-32-11-8-7-9-12-32/h7-9,11-12,14-17,28-31,35-41,46-47,76-77H,10,13,18-27,59H2,1-6H3,(H2,60,78)(H2,61,79)(H2,62,80)(H,66,84)(H,67,85)(H,68,83)(H,69,87)(H,70,82)(H,71,86)(H,72,90)(H,73,89)(H,74,81)(H,75,88)(H,91,92)(H4,63,64,65)/t30-,31+,35-,36-,37-,38-,39-,40-,41-,46-,47-/m0/s1. The molecule has 92 heavy (non-hydrogen) atoms. The molecule has 0 unspecified atom stereocenters. The van der Waals surface area contributed by atoms with Crippen LogP contribution in [-0.2, 0) is 80.0 Å². The van der Waals surface area contributed by atoms with E-state index in [4.69, 9.17) is 34.4 Å². The summed E-state index contributed by atoms with van der Waals surface area (Å²) in [5, 5.41) is 54.5. The van der Waals surface area contributed by atoms with E-state index in [0.29, 0.717) is 5.56 Å². The van der Waals surface area contributed by atoms with Crippen LogP contribution in [-0.4, -0.2) is 184 Å². The van der Waals surface area contributed by atoms with Gasteiger partial charge in [-0.2, -0.15) is 0 Å². The fourth-order valence-corrected chi connectivity index (χ4v) is 8.75. The van der Waals surface area contributed by atoms with Crippen LogP contribution in [0.1, 0.15) is 104 Å². The molecule has 0 aliphatic rings. The summed E-state index contributed by atoms with van der Waals surface area (Å²) in [6, 6.07) is -1.31. The molecule has 34 nitrogen and oxygen atoms in total. The number of nitrogens with zero attached hydrogens (tertiary/aromatic N) is 1. The average Bonchev–Trinajstić information content (AvgIpc) is 0.956. The molecule has 0 saturated heterocycles. The van der Waals surface area contributed by atoms with Crippen molar-refractivity contribution < 1.29 is 82.4 Å². The van der Waals surface area contributed by atoms with Gasteiger partial charge in [-0.05, 0) is 87.5 Å². The third-order valence-corrected chi connectivity index (χ3v) is 13.7. The quantitative estimate of drug-likeness (QED) is 0.0167. The van der Waals surface area contributed by atoms with Gasteiger partial charge in [-0.3, -0.25) is 67.3 Å². The number of nitrogens with two attached hydrogens (primary N) is 6. The number of hydrogen-bond acceptors (Lipinski definition) is 18. The number of carbonyl (C=O) groups is 14. The summed E-state index contributed by atoms with van der Waals surface area (Å²) in [6.07, 6.45) is -4.53. The molecule has 2 aromatic carbocycles. The molecule has 34 heteroatoms. The van der Waals surface area contributed by atoms with Crippen molar-refractivity contribution in [1.29, 1.82) is 0 Å². The zero-order chi connectivity index (χ0) is 69.5. The van der Waals surface area contributed by atoms with Gasteiger partial charge in [0.15, 0.2) is 5.96 Å². The van der Waals surface area contributed by atoms with Gasteiger partial charge in [-0.15, -0.1) is 0 Å². The highest BCUT2D eigenvalue weighted by Crippen LogP contribution is 2.15. The summed E-state index contributed by atoms with van der Waals surface area (Å²) in [5.41, 5.74) is 33.9. The van der Waals surface area contributed by atoms with Gasteiger partial charge in [0, 0.05) is 25.8 Å². The number of amides is 13. The Morgan fingerprint density at radius 1 is 0.489 bits per heavy atom. The number of phenolic OH excluding ortho intramolecular Hbond substituents is 1. The van der Waals surface area contributed by atoms with Crippen LogP contribution in [0.25, 0.3) is 0 Å². The van der Waals surface area contributed by atoms with Crippen LogP contribution in [0.4, 0.5) is 0 Å². The molecule has 508 valence electrons. The number of aliphatic imine (C=N–C) groups is 1. The predicted molar refractivity (Wildman–Crippen MR) is 330 cm³/mol. The highest BCUT2D eigenvalue weighted by atomic mass is 16.4. The Morgan fingerprint density at radius 3 is 1.51 bits per heavy atom. The molecule has 0 aliphatic carbocycles. The van der Waals surface area contributed by atoms with Crippen LogP contribution in [0.5, 0.6) is 5.75 Å². The molecule has 2 rings (SSSR count). The number of aliphatic hydroxyl groups excluding tert-OH is 1. The highest BCUT2D eigenvalue weighted by Gasteiger charge is 2.37. The number of carboxylic acid groups (broad SMARTS) is 1. The Morgan fingerprint density at radius 2 is 0.978 bits per heavy atom. The number of aliphatic hydroxyl groups is 1. The van der Waals surface area contributed by atoms with E-state index in [0.717, 1.165) is 12.5 Å². The summed E-state index contributed by atoms with van der Waals surface area (Å²) in [4.78, 5) is 189. The lowest BCUT2D eigenvalue weighted by Gasteiger charge is -2.29. The van der Waals surface area contributed by atoms with E-state index in [1.54, 1.807) is 44.2 Å². The maximum atomic E-state index is 14.4. The second-order valence-electron chi connectivity index (χ2n) is 22.6. The Hall–Kier alpha value is -9.99. The molecule has 0 fully saturated rings. The van der Waals surface area contributed by atoms with Crippen LogP contribution in [0, 0.1) is 11.8 Å². The molecule has 2 aromatic rings. The molecule has 13 amide bonds.